The number of amides is 1. The SMILES string of the molecule is Nc1cccc(NC(=O)CN2CCCSCC2)c1. The summed E-state index contributed by atoms with van der Waals surface area (Å²) in [7, 11) is 0. The van der Waals surface area contributed by atoms with Crippen LogP contribution in [0.5, 0.6) is 0 Å². The second kappa shape index (κ2) is 6.66. The van der Waals surface area contributed by atoms with Crippen LogP contribution in [0.1, 0.15) is 6.42 Å². The van der Waals surface area contributed by atoms with Gasteiger partial charge in [-0.1, -0.05) is 6.07 Å². The predicted octanol–water partition coefficient (Wildman–Crippen LogP) is 1.65. The van der Waals surface area contributed by atoms with Crippen LogP contribution < -0.4 is 11.1 Å². The first-order valence-corrected chi connectivity index (χ1v) is 7.35. The summed E-state index contributed by atoms with van der Waals surface area (Å²) in [5, 5.41) is 2.88. The van der Waals surface area contributed by atoms with Gasteiger partial charge in [0.2, 0.25) is 5.91 Å². The van der Waals surface area contributed by atoms with Gasteiger partial charge in [-0.05, 0) is 36.9 Å². The standard InChI is InChI=1S/C13H19N3OS/c14-11-3-1-4-12(9-11)15-13(17)10-16-5-2-7-18-8-6-16/h1,3-4,9H,2,5-8,10,14H2,(H,15,17). The first-order valence-electron chi connectivity index (χ1n) is 6.19. The summed E-state index contributed by atoms with van der Waals surface area (Å²) in [6.07, 6.45) is 1.16. The van der Waals surface area contributed by atoms with Crippen LogP contribution in [-0.2, 0) is 4.79 Å². The number of hydrogen-bond acceptors (Lipinski definition) is 4. The highest BCUT2D eigenvalue weighted by atomic mass is 32.2. The summed E-state index contributed by atoms with van der Waals surface area (Å²) in [4.78, 5) is 14.1. The Morgan fingerprint density at radius 2 is 2.28 bits per heavy atom. The molecule has 1 aromatic carbocycles. The first-order chi connectivity index (χ1) is 8.74. The Kier molecular flexibility index (Phi) is 4.90. The molecule has 0 atom stereocenters. The van der Waals surface area contributed by atoms with E-state index in [1.165, 1.54) is 5.75 Å². The van der Waals surface area contributed by atoms with E-state index in [9.17, 15) is 4.79 Å². The van der Waals surface area contributed by atoms with Gasteiger partial charge < -0.3 is 11.1 Å². The lowest BCUT2D eigenvalue weighted by Crippen LogP contribution is -2.34. The Balaban J connectivity index is 1.84. The predicted molar refractivity (Wildman–Crippen MR) is 77.9 cm³/mol. The fraction of sp³-hybridized carbons (Fsp3) is 0.462. The van der Waals surface area contributed by atoms with Gasteiger partial charge >= 0.3 is 0 Å². The van der Waals surface area contributed by atoms with E-state index < -0.39 is 0 Å². The van der Waals surface area contributed by atoms with Crippen LogP contribution in [0.2, 0.25) is 0 Å². The Hall–Kier alpha value is -1.20. The van der Waals surface area contributed by atoms with Gasteiger partial charge in [-0.15, -0.1) is 0 Å². The normalized spacial score (nSPS) is 17.1. The van der Waals surface area contributed by atoms with Crippen molar-refractivity contribution in [2.24, 2.45) is 0 Å². The van der Waals surface area contributed by atoms with E-state index in [0.717, 1.165) is 31.0 Å². The lowest BCUT2D eigenvalue weighted by atomic mass is 10.3. The van der Waals surface area contributed by atoms with Crippen LogP contribution in [0, 0.1) is 0 Å². The van der Waals surface area contributed by atoms with E-state index in [1.807, 2.05) is 30.0 Å². The number of nitrogens with zero attached hydrogens (tertiary/aromatic N) is 1. The molecule has 0 saturated carbocycles. The van der Waals surface area contributed by atoms with Crippen molar-refractivity contribution in [3.05, 3.63) is 24.3 Å². The van der Waals surface area contributed by atoms with Crippen LogP contribution in [-0.4, -0.2) is 41.9 Å². The van der Waals surface area contributed by atoms with Gasteiger partial charge in [-0.2, -0.15) is 11.8 Å². The fourth-order valence-corrected chi connectivity index (χ4v) is 2.90. The maximum Gasteiger partial charge on any atom is 0.238 e. The summed E-state index contributed by atoms with van der Waals surface area (Å²) < 4.78 is 0. The summed E-state index contributed by atoms with van der Waals surface area (Å²) >= 11 is 1.96. The molecule has 2 rings (SSSR count). The molecule has 98 valence electrons. The van der Waals surface area contributed by atoms with Gasteiger partial charge in [-0.25, -0.2) is 0 Å². The topological polar surface area (TPSA) is 58.4 Å². The second-order valence-corrected chi connectivity index (χ2v) is 5.64. The molecule has 5 heteroatoms. The molecular weight excluding hydrogens is 246 g/mol. The van der Waals surface area contributed by atoms with Crippen molar-refractivity contribution in [3.8, 4) is 0 Å². The van der Waals surface area contributed by atoms with Gasteiger partial charge in [0.05, 0.1) is 6.54 Å². The average Bonchev–Trinajstić information content (AvgIpc) is 2.57. The highest BCUT2D eigenvalue weighted by molar-refractivity contribution is 7.99. The molecule has 1 fully saturated rings. The van der Waals surface area contributed by atoms with Crippen LogP contribution >= 0.6 is 11.8 Å². The number of nitrogen functional groups attached to an aromatic ring is 1. The Bertz CT molecular complexity index is 403. The van der Waals surface area contributed by atoms with Crippen molar-refractivity contribution >= 4 is 29.0 Å². The maximum atomic E-state index is 11.9. The van der Waals surface area contributed by atoms with Gasteiger partial charge in [0.1, 0.15) is 0 Å². The van der Waals surface area contributed by atoms with Crippen LogP contribution in [0.25, 0.3) is 0 Å². The molecule has 1 aromatic rings. The number of rotatable bonds is 3. The lowest BCUT2D eigenvalue weighted by molar-refractivity contribution is -0.117. The van der Waals surface area contributed by atoms with E-state index in [0.29, 0.717) is 12.2 Å². The largest absolute Gasteiger partial charge is 0.399 e. The molecule has 0 unspecified atom stereocenters. The third kappa shape index (κ3) is 4.23. The van der Waals surface area contributed by atoms with E-state index in [4.69, 9.17) is 5.73 Å². The molecule has 4 nitrogen and oxygen atoms in total. The third-order valence-corrected chi connectivity index (χ3v) is 3.90. The van der Waals surface area contributed by atoms with E-state index in [-0.39, 0.29) is 5.91 Å². The number of anilines is 2. The molecule has 1 amide bonds. The van der Waals surface area contributed by atoms with Gasteiger partial charge in [0.15, 0.2) is 0 Å². The van der Waals surface area contributed by atoms with Gasteiger partial charge in [-0.3, -0.25) is 9.69 Å². The van der Waals surface area contributed by atoms with Gasteiger partial charge in [0.25, 0.3) is 0 Å². The lowest BCUT2D eigenvalue weighted by Gasteiger charge is -2.18. The quantitative estimate of drug-likeness (QED) is 0.816. The number of thioether (sulfide) groups is 1. The summed E-state index contributed by atoms with van der Waals surface area (Å²) in [6, 6.07) is 7.28. The van der Waals surface area contributed by atoms with Crippen molar-refractivity contribution < 1.29 is 4.79 Å². The van der Waals surface area contributed by atoms with Crippen molar-refractivity contribution in [1.29, 1.82) is 0 Å². The molecule has 3 N–H and O–H groups in total. The molecule has 0 spiro atoms. The van der Waals surface area contributed by atoms with E-state index in [2.05, 4.69) is 10.2 Å². The average molecular weight is 265 g/mol. The summed E-state index contributed by atoms with van der Waals surface area (Å²) in [5.74, 6) is 2.35. The molecule has 1 heterocycles. The Morgan fingerprint density at radius 3 is 3.11 bits per heavy atom. The van der Waals surface area contributed by atoms with Crippen molar-refractivity contribution in [2.75, 3.05) is 42.2 Å². The molecule has 0 aromatic heterocycles. The zero-order valence-corrected chi connectivity index (χ0v) is 11.2. The minimum Gasteiger partial charge on any atom is -0.399 e. The number of nitrogens with one attached hydrogen (secondary N) is 1. The first kappa shape index (κ1) is 13.2. The van der Waals surface area contributed by atoms with Crippen molar-refractivity contribution in [2.45, 2.75) is 6.42 Å². The molecule has 1 aliphatic rings. The van der Waals surface area contributed by atoms with Crippen molar-refractivity contribution in [3.63, 3.8) is 0 Å². The highest BCUT2D eigenvalue weighted by Crippen LogP contribution is 2.13. The molecule has 0 radical (unpaired) electrons. The Labute approximate surface area is 112 Å². The molecule has 1 aliphatic heterocycles. The molecular formula is C13H19N3OS. The second-order valence-electron chi connectivity index (χ2n) is 4.42. The number of carbonyl (C=O) groups excluding carboxylic acids is 1. The minimum absolute atomic E-state index is 0.0347. The fourth-order valence-electron chi connectivity index (χ4n) is 1.98. The monoisotopic (exact) mass is 265 g/mol. The Morgan fingerprint density at radius 1 is 1.39 bits per heavy atom. The van der Waals surface area contributed by atoms with Gasteiger partial charge in [0, 0.05) is 23.7 Å². The summed E-state index contributed by atoms with van der Waals surface area (Å²) in [6.45, 7) is 2.47. The smallest absolute Gasteiger partial charge is 0.238 e. The van der Waals surface area contributed by atoms with Crippen molar-refractivity contribution in [1.82, 2.24) is 4.90 Å². The zero-order valence-electron chi connectivity index (χ0n) is 10.4. The highest BCUT2D eigenvalue weighted by Gasteiger charge is 2.13. The van der Waals surface area contributed by atoms with Crippen LogP contribution in [0.15, 0.2) is 24.3 Å². The van der Waals surface area contributed by atoms with E-state index >= 15 is 0 Å². The molecule has 1 saturated heterocycles. The van der Waals surface area contributed by atoms with Crippen LogP contribution in [0.3, 0.4) is 0 Å². The molecule has 0 bridgehead atoms. The molecule has 0 aliphatic carbocycles. The number of carbonyl (C=O) groups is 1. The minimum atomic E-state index is 0.0347. The zero-order chi connectivity index (χ0) is 12.8. The number of nitrogens with two attached hydrogens (primary N) is 1. The van der Waals surface area contributed by atoms with Crippen LogP contribution in [0.4, 0.5) is 11.4 Å². The number of benzene rings is 1. The van der Waals surface area contributed by atoms with E-state index in [1.54, 1.807) is 6.07 Å². The third-order valence-electron chi connectivity index (χ3n) is 2.85. The summed E-state index contributed by atoms with van der Waals surface area (Å²) in [5.41, 5.74) is 7.11. The number of hydrogen-bond donors (Lipinski definition) is 2. The molecule has 18 heavy (non-hydrogen) atoms. The maximum absolute atomic E-state index is 11.9.